The number of hydrogen-bond donors (Lipinski definition) is 2. The van der Waals surface area contributed by atoms with Gasteiger partial charge in [-0.15, -0.1) is 0 Å². The maximum atomic E-state index is 12.1. The fourth-order valence-corrected chi connectivity index (χ4v) is 2.67. The molecule has 1 aromatic heterocycles. The SMILES string of the molecule is Cc1nc2cc(NC(=O)Nc3ccc(Br)cc3)ccc2nc1I. The van der Waals surface area contributed by atoms with Gasteiger partial charge in [-0.25, -0.2) is 14.8 Å². The number of fused-ring (bicyclic) bond motifs is 1. The standard InChI is InChI=1S/C16H12BrIN4O/c1-9-15(18)22-13-7-6-12(8-14(13)19-9)21-16(23)20-11-4-2-10(17)3-5-11/h2-8H,1H3,(H2,20,21,23). The van der Waals surface area contributed by atoms with Gasteiger partial charge in [-0.3, -0.25) is 0 Å². The lowest BCUT2D eigenvalue weighted by molar-refractivity contribution is 0.262. The Balaban J connectivity index is 1.76. The van der Waals surface area contributed by atoms with Crippen LogP contribution in [-0.4, -0.2) is 16.0 Å². The molecule has 0 aliphatic rings. The summed E-state index contributed by atoms with van der Waals surface area (Å²) in [7, 11) is 0. The fraction of sp³-hybridized carbons (Fsp3) is 0.0625. The summed E-state index contributed by atoms with van der Waals surface area (Å²) < 4.78 is 1.84. The molecule has 2 amide bonds. The van der Waals surface area contributed by atoms with E-state index in [1.807, 2.05) is 49.4 Å². The first-order valence-corrected chi connectivity index (χ1v) is 8.66. The highest BCUT2D eigenvalue weighted by atomic mass is 127. The number of halogens is 2. The molecule has 0 aliphatic carbocycles. The summed E-state index contributed by atoms with van der Waals surface area (Å²) in [6, 6.07) is 12.5. The maximum Gasteiger partial charge on any atom is 0.323 e. The lowest BCUT2D eigenvalue weighted by atomic mass is 10.2. The number of hydrogen-bond acceptors (Lipinski definition) is 3. The van der Waals surface area contributed by atoms with Crippen molar-refractivity contribution >= 4 is 67.0 Å². The Labute approximate surface area is 155 Å². The van der Waals surface area contributed by atoms with Crippen LogP contribution in [-0.2, 0) is 0 Å². The van der Waals surface area contributed by atoms with E-state index in [0.29, 0.717) is 5.69 Å². The smallest absolute Gasteiger partial charge is 0.308 e. The van der Waals surface area contributed by atoms with Gasteiger partial charge in [0.05, 0.1) is 16.7 Å². The Morgan fingerprint density at radius 3 is 2.39 bits per heavy atom. The van der Waals surface area contributed by atoms with Crippen molar-refractivity contribution in [3.8, 4) is 0 Å². The van der Waals surface area contributed by atoms with Crippen molar-refractivity contribution in [1.29, 1.82) is 0 Å². The molecule has 23 heavy (non-hydrogen) atoms. The van der Waals surface area contributed by atoms with E-state index in [1.165, 1.54) is 0 Å². The predicted octanol–water partition coefficient (Wildman–Crippen LogP) is 4.95. The summed E-state index contributed by atoms with van der Waals surface area (Å²) in [5.41, 5.74) is 3.82. The Morgan fingerprint density at radius 1 is 1.00 bits per heavy atom. The Bertz CT molecular complexity index is 883. The third kappa shape index (κ3) is 3.97. The summed E-state index contributed by atoms with van der Waals surface area (Å²) in [5.74, 6) is 0. The Kier molecular flexibility index (Phi) is 4.76. The minimum Gasteiger partial charge on any atom is -0.308 e. The molecule has 0 bridgehead atoms. The number of aryl methyl sites for hydroxylation is 1. The second-order valence-corrected chi connectivity index (χ2v) is 6.83. The van der Waals surface area contributed by atoms with E-state index in [9.17, 15) is 4.79 Å². The fourth-order valence-electron chi connectivity index (χ4n) is 2.03. The average molecular weight is 483 g/mol. The second-order valence-electron chi connectivity index (χ2n) is 4.89. The van der Waals surface area contributed by atoms with Gasteiger partial charge in [-0.1, -0.05) is 15.9 Å². The van der Waals surface area contributed by atoms with Crippen molar-refractivity contribution in [2.75, 3.05) is 10.6 Å². The minimum atomic E-state index is -0.304. The van der Waals surface area contributed by atoms with Crippen LogP contribution >= 0.6 is 38.5 Å². The summed E-state index contributed by atoms with van der Waals surface area (Å²) in [6.45, 7) is 1.91. The molecule has 0 radical (unpaired) electrons. The van der Waals surface area contributed by atoms with Gasteiger partial charge >= 0.3 is 6.03 Å². The van der Waals surface area contributed by atoms with E-state index < -0.39 is 0 Å². The normalized spacial score (nSPS) is 10.6. The topological polar surface area (TPSA) is 66.9 Å². The average Bonchev–Trinajstić information content (AvgIpc) is 2.51. The quantitative estimate of drug-likeness (QED) is 0.508. The zero-order chi connectivity index (χ0) is 16.4. The van der Waals surface area contributed by atoms with E-state index >= 15 is 0 Å². The highest BCUT2D eigenvalue weighted by molar-refractivity contribution is 14.1. The van der Waals surface area contributed by atoms with Crippen molar-refractivity contribution in [1.82, 2.24) is 9.97 Å². The number of benzene rings is 2. The van der Waals surface area contributed by atoms with Gasteiger partial charge in [0.15, 0.2) is 0 Å². The summed E-state index contributed by atoms with van der Waals surface area (Å²) in [4.78, 5) is 21.0. The van der Waals surface area contributed by atoms with Crippen molar-refractivity contribution in [3.05, 3.63) is 56.3 Å². The molecule has 0 fully saturated rings. The van der Waals surface area contributed by atoms with Gasteiger partial charge in [0, 0.05) is 15.8 Å². The van der Waals surface area contributed by atoms with Crippen LogP contribution in [0.25, 0.3) is 11.0 Å². The maximum absolute atomic E-state index is 12.1. The minimum absolute atomic E-state index is 0.304. The molecule has 3 rings (SSSR count). The number of carbonyl (C=O) groups is 1. The molecule has 7 heteroatoms. The number of anilines is 2. The highest BCUT2D eigenvalue weighted by Crippen LogP contribution is 2.19. The van der Waals surface area contributed by atoms with Crippen LogP contribution in [0.2, 0.25) is 0 Å². The first-order valence-electron chi connectivity index (χ1n) is 6.79. The third-order valence-electron chi connectivity index (χ3n) is 3.14. The monoisotopic (exact) mass is 482 g/mol. The van der Waals surface area contributed by atoms with Gasteiger partial charge in [0.1, 0.15) is 3.70 Å². The van der Waals surface area contributed by atoms with Crippen molar-refractivity contribution in [2.45, 2.75) is 6.92 Å². The molecule has 2 aromatic carbocycles. The Hall–Kier alpha value is -1.74. The molecule has 0 spiro atoms. The zero-order valence-corrected chi connectivity index (χ0v) is 15.8. The molecule has 5 nitrogen and oxygen atoms in total. The molecule has 0 saturated carbocycles. The number of carbonyl (C=O) groups excluding carboxylic acids is 1. The third-order valence-corrected chi connectivity index (χ3v) is 4.69. The van der Waals surface area contributed by atoms with Gasteiger partial charge in [0.2, 0.25) is 0 Å². The van der Waals surface area contributed by atoms with Crippen LogP contribution in [0, 0.1) is 10.6 Å². The van der Waals surface area contributed by atoms with Crippen LogP contribution in [0.15, 0.2) is 46.9 Å². The van der Waals surface area contributed by atoms with E-state index in [1.54, 1.807) is 0 Å². The Morgan fingerprint density at radius 2 is 1.65 bits per heavy atom. The van der Waals surface area contributed by atoms with E-state index in [2.05, 4.69) is 59.1 Å². The number of nitrogens with zero attached hydrogens (tertiary/aromatic N) is 2. The van der Waals surface area contributed by atoms with E-state index in [-0.39, 0.29) is 6.03 Å². The first-order chi connectivity index (χ1) is 11.0. The molecule has 1 heterocycles. The lowest BCUT2D eigenvalue weighted by Crippen LogP contribution is -2.19. The summed E-state index contributed by atoms with van der Waals surface area (Å²) in [6.07, 6.45) is 0. The number of urea groups is 1. The van der Waals surface area contributed by atoms with Crippen LogP contribution in [0.4, 0.5) is 16.2 Å². The van der Waals surface area contributed by atoms with E-state index in [4.69, 9.17) is 0 Å². The summed E-state index contributed by atoms with van der Waals surface area (Å²) >= 11 is 5.52. The molecular weight excluding hydrogens is 471 g/mol. The number of rotatable bonds is 2. The number of aromatic nitrogens is 2. The zero-order valence-electron chi connectivity index (χ0n) is 12.1. The van der Waals surface area contributed by atoms with Gasteiger partial charge < -0.3 is 10.6 Å². The molecule has 0 unspecified atom stereocenters. The van der Waals surface area contributed by atoms with Crippen molar-refractivity contribution < 1.29 is 4.79 Å². The molecule has 0 saturated heterocycles. The number of amides is 2. The van der Waals surface area contributed by atoms with E-state index in [0.717, 1.165) is 30.6 Å². The molecular formula is C16H12BrIN4O. The van der Waals surface area contributed by atoms with Crippen LogP contribution in [0.1, 0.15) is 5.69 Å². The van der Waals surface area contributed by atoms with Crippen LogP contribution < -0.4 is 10.6 Å². The van der Waals surface area contributed by atoms with Gasteiger partial charge in [-0.05, 0) is 72.0 Å². The number of nitrogens with one attached hydrogen (secondary N) is 2. The lowest BCUT2D eigenvalue weighted by Gasteiger charge is -2.09. The van der Waals surface area contributed by atoms with Crippen LogP contribution in [0.3, 0.4) is 0 Å². The molecule has 3 aromatic rings. The highest BCUT2D eigenvalue weighted by Gasteiger charge is 2.06. The molecule has 0 atom stereocenters. The second kappa shape index (κ2) is 6.79. The predicted molar refractivity (Wildman–Crippen MR) is 104 cm³/mol. The molecule has 2 N–H and O–H groups in total. The first kappa shape index (κ1) is 16.1. The van der Waals surface area contributed by atoms with Crippen molar-refractivity contribution in [2.24, 2.45) is 0 Å². The largest absolute Gasteiger partial charge is 0.323 e. The molecule has 116 valence electrons. The van der Waals surface area contributed by atoms with Crippen LogP contribution in [0.5, 0.6) is 0 Å². The van der Waals surface area contributed by atoms with Gasteiger partial charge in [-0.2, -0.15) is 0 Å². The molecule has 0 aliphatic heterocycles. The summed E-state index contributed by atoms with van der Waals surface area (Å²) in [5, 5.41) is 5.58. The van der Waals surface area contributed by atoms with Gasteiger partial charge in [0.25, 0.3) is 0 Å². The van der Waals surface area contributed by atoms with Crippen molar-refractivity contribution in [3.63, 3.8) is 0 Å².